The van der Waals surface area contributed by atoms with Gasteiger partial charge in [0.15, 0.2) is 9.84 Å². The molecule has 1 fully saturated rings. The number of rotatable bonds is 5. The number of hydrogen-bond acceptors (Lipinski definition) is 6. The number of amides is 1. The quantitative estimate of drug-likeness (QED) is 0.749. The largest absolute Gasteiger partial charge is 0.351 e. The molecule has 1 saturated heterocycles. The number of sulfonamides is 1. The van der Waals surface area contributed by atoms with Crippen LogP contribution in [0.25, 0.3) is 10.8 Å². The molecule has 1 aromatic carbocycles. The molecule has 1 aliphatic rings. The van der Waals surface area contributed by atoms with Crippen molar-refractivity contribution in [2.24, 2.45) is 0 Å². The number of nitrogens with one attached hydrogen (secondary N) is 1. The van der Waals surface area contributed by atoms with Gasteiger partial charge in [-0.1, -0.05) is 23.7 Å². The van der Waals surface area contributed by atoms with Crippen molar-refractivity contribution in [3.05, 3.63) is 35.6 Å². The van der Waals surface area contributed by atoms with Gasteiger partial charge in [0, 0.05) is 48.6 Å². The predicted octanol–water partition coefficient (Wildman–Crippen LogP) is 0.812. The van der Waals surface area contributed by atoms with Gasteiger partial charge in [0.25, 0.3) is 0 Å². The summed E-state index contributed by atoms with van der Waals surface area (Å²) in [4.78, 5) is 15.8. The molecule has 146 valence electrons. The van der Waals surface area contributed by atoms with Gasteiger partial charge >= 0.3 is 0 Å². The Bertz CT molecular complexity index is 1100. The number of pyridine rings is 1. The highest BCUT2D eigenvalue weighted by Gasteiger charge is 2.34. The maximum Gasteiger partial charge on any atom is 0.243 e. The fourth-order valence-electron chi connectivity index (χ4n) is 3.08. The van der Waals surface area contributed by atoms with Gasteiger partial charge in [-0.05, 0) is 12.5 Å². The number of aromatic nitrogens is 1. The lowest BCUT2D eigenvalue weighted by atomic mass is 10.2. The number of halogens is 1. The first-order valence-electron chi connectivity index (χ1n) is 8.07. The average Bonchev–Trinajstić information content (AvgIpc) is 3.02. The van der Waals surface area contributed by atoms with Crippen molar-refractivity contribution < 1.29 is 21.6 Å². The molecule has 1 atom stereocenters. The SMILES string of the molecule is CS(=O)(=O)CC(=O)N[C@H]1CCN(S(=O)(=O)c2cccc3cncc(Cl)c23)C1. The van der Waals surface area contributed by atoms with Crippen LogP contribution < -0.4 is 5.32 Å². The van der Waals surface area contributed by atoms with E-state index in [1.807, 2.05) is 0 Å². The molecule has 8 nitrogen and oxygen atoms in total. The molecule has 2 aromatic rings. The Hall–Kier alpha value is -1.75. The lowest BCUT2D eigenvalue weighted by Gasteiger charge is -2.18. The molecule has 2 heterocycles. The molecule has 0 bridgehead atoms. The molecule has 11 heteroatoms. The van der Waals surface area contributed by atoms with E-state index >= 15 is 0 Å². The molecule has 27 heavy (non-hydrogen) atoms. The van der Waals surface area contributed by atoms with E-state index in [-0.39, 0.29) is 23.0 Å². The highest BCUT2D eigenvalue weighted by molar-refractivity contribution is 7.91. The molecule has 1 N–H and O–H groups in total. The van der Waals surface area contributed by atoms with E-state index in [0.29, 0.717) is 17.2 Å². The smallest absolute Gasteiger partial charge is 0.243 e. The first-order valence-corrected chi connectivity index (χ1v) is 12.0. The summed E-state index contributed by atoms with van der Waals surface area (Å²) in [5.41, 5.74) is 0. The van der Waals surface area contributed by atoms with Crippen molar-refractivity contribution in [3.63, 3.8) is 0 Å². The van der Waals surface area contributed by atoms with Gasteiger partial charge in [-0.15, -0.1) is 0 Å². The average molecular weight is 432 g/mol. The predicted molar refractivity (Wildman–Crippen MR) is 102 cm³/mol. The maximum absolute atomic E-state index is 13.1. The van der Waals surface area contributed by atoms with Crippen molar-refractivity contribution in [1.82, 2.24) is 14.6 Å². The molecule has 0 saturated carbocycles. The third kappa shape index (κ3) is 4.40. The highest BCUT2D eigenvalue weighted by atomic mass is 35.5. The van der Waals surface area contributed by atoms with Crippen LogP contribution in [-0.2, 0) is 24.7 Å². The summed E-state index contributed by atoms with van der Waals surface area (Å²) < 4.78 is 49.9. The second kappa shape index (κ2) is 7.34. The Morgan fingerprint density at radius 1 is 1.30 bits per heavy atom. The number of hydrogen-bond donors (Lipinski definition) is 1. The van der Waals surface area contributed by atoms with Gasteiger partial charge in [0.2, 0.25) is 15.9 Å². The first kappa shape index (κ1) is 20.0. The zero-order chi connectivity index (χ0) is 19.8. The summed E-state index contributed by atoms with van der Waals surface area (Å²) in [5, 5.41) is 3.83. The molecular weight excluding hydrogens is 414 g/mol. The Morgan fingerprint density at radius 3 is 2.74 bits per heavy atom. The Balaban J connectivity index is 1.83. The van der Waals surface area contributed by atoms with Gasteiger partial charge in [-0.25, -0.2) is 16.8 Å². The molecule has 0 aliphatic carbocycles. The number of nitrogens with zero attached hydrogens (tertiary/aromatic N) is 2. The van der Waals surface area contributed by atoms with Gasteiger partial charge in [0.1, 0.15) is 5.75 Å². The van der Waals surface area contributed by atoms with E-state index in [1.54, 1.807) is 18.3 Å². The van der Waals surface area contributed by atoms with E-state index in [0.717, 1.165) is 6.26 Å². The van der Waals surface area contributed by atoms with Crippen LogP contribution in [0.1, 0.15) is 6.42 Å². The van der Waals surface area contributed by atoms with Crippen LogP contribution in [0.15, 0.2) is 35.5 Å². The minimum absolute atomic E-state index is 0.0664. The van der Waals surface area contributed by atoms with Crippen molar-refractivity contribution in [2.75, 3.05) is 25.1 Å². The van der Waals surface area contributed by atoms with Gasteiger partial charge in [0.05, 0.1) is 9.92 Å². The molecule has 0 radical (unpaired) electrons. The number of carbonyl (C=O) groups is 1. The van der Waals surface area contributed by atoms with Crippen LogP contribution in [-0.4, -0.2) is 63.2 Å². The summed E-state index contributed by atoms with van der Waals surface area (Å²) in [6, 6.07) is 4.39. The minimum atomic E-state index is -3.84. The summed E-state index contributed by atoms with van der Waals surface area (Å²) in [5.74, 6) is -1.26. The maximum atomic E-state index is 13.1. The van der Waals surface area contributed by atoms with Crippen LogP contribution in [0, 0.1) is 0 Å². The van der Waals surface area contributed by atoms with Crippen LogP contribution in [0.2, 0.25) is 5.02 Å². The Labute approximate surface area is 162 Å². The van der Waals surface area contributed by atoms with Gasteiger partial charge in [-0.2, -0.15) is 4.31 Å². The summed E-state index contributed by atoms with van der Waals surface area (Å²) in [6.45, 7) is 0.280. The number of benzene rings is 1. The topological polar surface area (TPSA) is 114 Å². The third-order valence-corrected chi connectivity index (χ3v) is 7.21. The normalized spacial score (nSPS) is 18.7. The summed E-state index contributed by atoms with van der Waals surface area (Å²) in [7, 11) is -7.28. The van der Waals surface area contributed by atoms with E-state index in [9.17, 15) is 21.6 Å². The number of sulfone groups is 1. The highest BCUT2D eigenvalue weighted by Crippen LogP contribution is 2.32. The van der Waals surface area contributed by atoms with Crippen LogP contribution in [0.3, 0.4) is 0 Å². The van der Waals surface area contributed by atoms with Crippen LogP contribution in [0.4, 0.5) is 0 Å². The summed E-state index contributed by atoms with van der Waals surface area (Å²) in [6.07, 6.45) is 4.30. The van der Waals surface area contributed by atoms with E-state index in [2.05, 4.69) is 10.3 Å². The number of carbonyl (C=O) groups excluding carboxylic acids is 1. The molecular formula is C16H18ClN3O5S2. The van der Waals surface area contributed by atoms with Crippen molar-refractivity contribution >= 4 is 48.1 Å². The second-order valence-corrected chi connectivity index (χ2v) is 10.9. The van der Waals surface area contributed by atoms with Crippen molar-refractivity contribution in [1.29, 1.82) is 0 Å². The van der Waals surface area contributed by atoms with Gasteiger partial charge < -0.3 is 5.32 Å². The molecule has 1 amide bonds. The van der Waals surface area contributed by atoms with Crippen LogP contribution in [0.5, 0.6) is 0 Å². The fourth-order valence-corrected chi connectivity index (χ4v) is 5.70. The lowest BCUT2D eigenvalue weighted by Crippen LogP contribution is -2.40. The van der Waals surface area contributed by atoms with E-state index < -0.39 is 37.6 Å². The Kier molecular flexibility index (Phi) is 5.44. The van der Waals surface area contributed by atoms with E-state index in [4.69, 9.17) is 11.6 Å². The zero-order valence-electron chi connectivity index (χ0n) is 14.4. The molecule has 1 aromatic heterocycles. The third-order valence-electron chi connectivity index (χ3n) is 4.23. The van der Waals surface area contributed by atoms with Crippen LogP contribution >= 0.6 is 11.6 Å². The Morgan fingerprint density at radius 2 is 2.04 bits per heavy atom. The minimum Gasteiger partial charge on any atom is -0.351 e. The van der Waals surface area contributed by atoms with E-state index in [1.165, 1.54) is 16.6 Å². The molecule has 1 aliphatic heterocycles. The lowest BCUT2D eigenvalue weighted by molar-refractivity contribution is -0.119. The number of fused-ring (bicyclic) bond motifs is 1. The second-order valence-electron chi connectivity index (χ2n) is 6.46. The van der Waals surface area contributed by atoms with Crippen molar-refractivity contribution in [3.8, 4) is 0 Å². The fraction of sp³-hybridized carbons (Fsp3) is 0.375. The molecule has 3 rings (SSSR count). The first-order chi connectivity index (χ1) is 12.6. The summed E-state index contributed by atoms with van der Waals surface area (Å²) >= 11 is 6.17. The standard InChI is InChI=1S/C16H18ClN3O5S2/c1-26(22,23)10-15(21)19-12-5-6-20(9-12)27(24,25)14-4-2-3-11-7-18-8-13(17)16(11)14/h2-4,7-8,12H,5-6,9-10H2,1H3,(H,19,21)/t12-/m0/s1. The van der Waals surface area contributed by atoms with Crippen molar-refractivity contribution in [2.45, 2.75) is 17.4 Å². The zero-order valence-corrected chi connectivity index (χ0v) is 16.8. The molecule has 0 spiro atoms. The monoisotopic (exact) mass is 431 g/mol. The molecule has 0 unspecified atom stereocenters. The van der Waals surface area contributed by atoms with Gasteiger partial charge in [-0.3, -0.25) is 9.78 Å².